The minimum Gasteiger partial charge on any atom is -0.388 e. The first-order valence-corrected chi connectivity index (χ1v) is 7.68. The summed E-state index contributed by atoms with van der Waals surface area (Å²) in [5.41, 5.74) is 2.24. The Morgan fingerprint density at radius 3 is 2.71 bits per heavy atom. The standard InChI is InChI=1S/C17H23N3O/c1-2-20-12-14(11-19-20)10-18-13-17(8-9-17)16(21)15-6-4-3-5-7-15/h3-7,11-12,16,18,21H,2,8-10,13H2,1H3. The molecule has 1 saturated carbocycles. The zero-order valence-corrected chi connectivity index (χ0v) is 12.5. The van der Waals surface area contributed by atoms with Crippen LogP contribution in [0.5, 0.6) is 0 Å². The van der Waals surface area contributed by atoms with Crippen LogP contribution in [0.3, 0.4) is 0 Å². The quantitative estimate of drug-likeness (QED) is 0.822. The molecule has 0 radical (unpaired) electrons. The molecule has 1 aromatic heterocycles. The average molecular weight is 285 g/mol. The van der Waals surface area contributed by atoms with E-state index in [1.807, 2.05) is 41.2 Å². The first-order valence-electron chi connectivity index (χ1n) is 7.68. The van der Waals surface area contributed by atoms with Crippen LogP contribution in [-0.2, 0) is 13.1 Å². The fraction of sp³-hybridized carbons (Fsp3) is 0.471. The molecule has 2 aromatic rings. The highest BCUT2D eigenvalue weighted by Crippen LogP contribution is 2.54. The third-order valence-corrected chi connectivity index (χ3v) is 4.40. The van der Waals surface area contributed by atoms with Gasteiger partial charge in [0, 0.05) is 36.8 Å². The van der Waals surface area contributed by atoms with Crippen molar-refractivity contribution in [3.8, 4) is 0 Å². The predicted octanol–water partition coefficient (Wildman–Crippen LogP) is 2.51. The molecule has 1 aliphatic carbocycles. The number of aliphatic hydroxyl groups is 1. The lowest BCUT2D eigenvalue weighted by atomic mass is 9.92. The number of benzene rings is 1. The van der Waals surface area contributed by atoms with Gasteiger partial charge in [-0.3, -0.25) is 4.68 Å². The van der Waals surface area contributed by atoms with Gasteiger partial charge in [-0.05, 0) is 25.3 Å². The van der Waals surface area contributed by atoms with Crippen molar-refractivity contribution in [1.29, 1.82) is 0 Å². The molecular formula is C17H23N3O. The minimum absolute atomic E-state index is 0.0160. The maximum Gasteiger partial charge on any atom is 0.0858 e. The molecule has 1 atom stereocenters. The minimum atomic E-state index is -0.371. The predicted molar refractivity (Wildman–Crippen MR) is 82.7 cm³/mol. The molecule has 1 aromatic carbocycles. The van der Waals surface area contributed by atoms with Gasteiger partial charge in [0.2, 0.25) is 0 Å². The molecule has 1 aliphatic rings. The fourth-order valence-corrected chi connectivity index (χ4v) is 2.82. The number of aromatic nitrogens is 2. The van der Waals surface area contributed by atoms with Gasteiger partial charge in [0.1, 0.15) is 0 Å². The first kappa shape index (κ1) is 14.3. The molecule has 112 valence electrons. The van der Waals surface area contributed by atoms with E-state index in [-0.39, 0.29) is 11.5 Å². The van der Waals surface area contributed by atoms with Gasteiger partial charge in [0.15, 0.2) is 0 Å². The Bertz CT molecular complexity index is 575. The zero-order chi connectivity index (χ0) is 14.7. The largest absolute Gasteiger partial charge is 0.388 e. The lowest BCUT2D eigenvalue weighted by Gasteiger charge is -2.23. The monoisotopic (exact) mass is 285 g/mol. The van der Waals surface area contributed by atoms with Crippen molar-refractivity contribution in [2.75, 3.05) is 6.54 Å². The summed E-state index contributed by atoms with van der Waals surface area (Å²) in [6, 6.07) is 9.98. The molecule has 21 heavy (non-hydrogen) atoms. The van der Waals surface area contributed by atoms with E-state index in [2.05, 4.69) is 23.5 Å². The Labute approximate surface area is 125 Å². The number of aliphatic hydroxyl groups excluding tert-OH is 1. The van der Waals surface area contributed by atoms with Gasteiger partial charge < -0.3 is 10.4 Å². The molecule has 0 amide bonds. The van der Waals surface area contributed by atoms with E-state index in [4.69, 9.17) is 0 Å². The van der Waals surface area contributed by atoms with Crippen molar-refractivity contribution in [3.05, 3.63) is 53.9 Å². The Balaban J connectivity index is 1.55. The van der Waals surface area contributed by atoms with E-state index in [0.29, 0.717) is 0 Å². The van der Waals surface area contributed by atoms with Crippen molar-refractivity contribution in [1.82, 2.24) is 15.1 Å². The number of hydrogen-bond donors (Lipinski definition) is 2. The molecule has 4 nitrogen and oxygen atoms in total. The summed E-state index contributed by atoms with van der Waals surface area (Å²) < 4.78 is 1.93. The van der Waals surface area contributed by atoms with Crippen molar-refractivity contribution >= 4 is 0 Å². The van der Waals surface area contributed by atoms with Crippen LogP contribution in [0.15, 0.2) is 42.7 Å². The molecule has 1 unspecified atom stereocenters. The molecule has 0 aliphatic heterocycles. The second kappa shape index (κ2) is 6.00. The van der Waals surface area contributed by atoms with Crippen LogP contribution in [0, 0.1) is 5.41 Å². The summed E-state index contributed by atoms with van der Waals surface area (Å²) in [6.45, 7) is 4.64. The van der Waals surface area contributed by atoms with Crippen LogP contribution < -0.4 is 5.32 Å². The summed E-state index contributed by atoms with van der Waals surface area (Å²) in [5, 5.41) is 18.3. The highest BCUT2D eigenvalue weighted by molar-refractivity contribution is 5.22. The van der Waals surface area contributed by atoms with Crippen molar-refractivity contribution in [2.24, 2.45) is 5.41 Å². The Kier molecular flexibility index (Phi) is 4.08. The second-order valence-electron chi connectivity index (χ2n) is 5.98. The molecule has 4 heteroatoms. The van der Waals surface area contributed by atoms with Crippen molar-refractivity contribution in [3.63, 3.8) is 0 Å². The van der Waals surface area contributed by atoms with Crippen LogP contribution in [-0.4, -0.2) is 21.4 Å². The number of nitrogens with one attached hydrogen (secondary N) is 1. The SMILES string of the molecule is CCn1cc(CNCC2(C(O)c3ccccc3)CC2)cn1. The van der Waals surface area contributed by atoms with Crippen LogP contribution in [0.4, 0.5) is 0 Å². The molecule has 1 heterocycles. The highest BCUT2D eigenvalue weighted by Gasteiger charge is 2.48. The number of nitrogens with zero attached hydrogens (tertiary/aromatic N) is 2. The van der Waals surface area contributed by atoms with Crippen molar-refractivity contribution < 1.29 is 5.11 Å². The lowest BCUT2D eigenvalue weighted by molar-refractivity contribution is 0.0917. The highest BCUT2D eigenvalue weighted by atomic mass is 16.3. The zero-order valence-electron chi connectivity index (χ0n) is 12.5. The number of hydrogen-bond acceptors (Lipinski definition) is 3. The summed E-state index contributed by atoms with van der Waals surface area (Å²) in [7, 11) is 0. The van der Waals surface area contributed by atoms with E-state index in [0.717, 1.165) is 38.0 Å². The van der Waals surface area contributed by atoms with Gasteiger partial charge in [-0.1, -0.05) is 30.3 Å². The van der Waals surface area contributed by atoms with E-state index in [1.54, 1.807) is 0 Å². The van der Waals surface area contributed by atoms with E-state index >= 15 is 0 Å². The molecule has 3 rings (SSSR count). The van der Waals surface area contributed by atoms with Gasteiger partial charge in [0.25, 0.3) is 0 Å². The van der Waals surface area contributed by atoms with Crippen LogP contribution in [0.1, 0.15) is 37.0 Å². The second-order valence-corrected chi connectivity index (χ2v) is 5.98. The van der Waals surface area contributed by atoms with Gasteiger partial charge in [-0.15, -0.1) is 0 Å². The topological polar surface area (TPSA) is 50.1 Å². The summed E-state index contributed by atoms with van der Waals surface area (Å²) in [5.74, 6) is 0. The van der Waals surface area contributed by atoms with E-state index in [1.165, 1.54) is 5.56 Å². The molecular weight excluding hydrogens is 262 g/mol. The van der Waals surface area contributed by atoms with Crippen LogP contribution >= 0.6 is 0 Å². The third kappa shape index (κ3) is 3.17. The lowest BCUT2D eigenvalue weighted by Crippen LogP contribution is -2.28. The normalized spacial score (nSPS) is 17.6. The number of aryl methyl sites for hydroxylation is 1. The Morgan fingerprint density at radius 2 is 2.10 bits per heavy atom. The van der Waals surface area contributed by atoms with Gasteiger partial charge in [-0.2, -0.15) is 5.10 Å². The Morgan fingerprint density at radius 1 is 1.33 bits per heavy atom. The Hall–Kier alpha value is -1.65. The van der Waals surface area contributed by atoms with Gasteiger partial charge >= 0.3 is 0 Å². The maximum absolute atomic E-state index is 10.6. The molecule has 1 fully saturated rings. The third-order valence-electron chi connectivity index (χ3n) is 4.40. The van der Waals surface area contributed by atoms with E-state index < -0.39 is 0 Å². The smallest absolute Gasteiger partial charge is 0.0858 e. The maximum atomic E-state index is 10.6. The first-order chi connectivity index (χ1) is 10.2. The molecule has 0 bridgehead atoms. The molecule has 2 N–H and O–H groups in total. The van der Waals surface area contributed by atoms with Gasteiger partial charge in [-0.25, -0.2) is 0 Å². The summed E-state index contributed by atoms with van der Waals surface area (Å²) in [6.07, 6.45) is 5.78. The van der Waals surface area contributed by atoms with Gasteiger partial charge in [0.05, 0.1) is 12.3 Å². The van der Waals surface area contributed by atoms with Crippen LogP contribution in [0.2, 0.25) is 0 Å². The summed E-state index contributed by atoms with van der Waals surface area (Å²) in [4.78, 5) is 0. The van der Waals surface area contributed by atoms with E-state index in [9.17, 15) is 5.11 Å². The molecule has 0 spiro atoms. The molecule has 0 saturated heterocycles. The fourth-order valence-electron chi connectivity index (χ4n) is 2.82. The average Bonchev–Trinajstić information content (AvgIpc) is 3.18. The van der Waals surface area contributed by atoms with Crippen LogP contribution in [0.25, 0.3) is 0 Å². The number of rotatable bonds is 7. The summed E-state index contributed by atoms with van der Waals surface area (Å²) >= 11 is 0. The van der Waals surface area contributed by atoms with Crippen molar-refractivity contribution in [2.45, 2.75) is 39.0 Å².